The third kappa shape index (κ3) is 2.56. The second kappa shape index (κ2) is 5.40. The first-order valence-corrected chi connectivity index (χ1v) is 8.35. The van der Waals surface area contributed by atoms with Crippen molar-refractivity contribution in [3.63, 3.8) is 0 Å². The number of sulfonamides is 1. The molecule has 2 heterocycles. The van der Waals surface area contributed by atoms with Crippen LogP contribution in [-0.4, -0.2) is 52.0 Å². The second-order valence-electron chi connectivity index (χ2n) is 5.52. The van der Waals surface area contributed by atoms with Crippen LogP contribution in [0.4, 0.5) is 0 Å². The van der Waals surface area contributed by atoms with Crippen molar-refractivity contribution in [2.75, 3.05) is 33.3 Å². The summed E-state index contributed by atoms with van der Waals surface area (Å²) < 4.78 is 31.5. The van der Waals surface area contributed by atoms with Crippen LogP contribution in [0, 0.1) is 11.8 Å². The third-order valence-corrected chi connectivity index (χ3v) is 6.08. The molecule has 0 unspecified atom stereocenters. The summed E-state index contributed by atoms with van der Waals surface area (Å²) in [5, 5.41) is 3.29. The number of methoxy groups -OCH3 is 1. The molecule has 0 radical (unpaired) electrons. The molecular weight excluding hydrogens is 292 g/mol. The molecule has 0 aromatic heterocycles. The van der Waals surface area contributed by atoms with E-state index in [1.54, 1.807) is 12.1 Å². The highest BCUT2D eigenvalue weighted by Gasteiger charge is 2.41. The molecule has 2 saturated heterocycles. The van der Waals surface area contributed by atoms with Gasteiger partial charge in [0.25, 0.3) is 0 Å². The Bertz CT molecular complexity index is 647. The van der Waals surface area contributed by atoms with Crippen LogP contribution in [0.15, 0.2) is 29.2 Å². The Labute approximate surface area is 124 Å². The van der Waals surface area contributed by atoms with Crippen LogP contribution in [0.25, 0.3) is 0 Å². The van der Waals surface area contributed by atoms with Gasteiger partial charge >= 0.3 is 5.97 Å². The molecular formula is C14H18N2O4S. The summed E-state index contributed by atoms with van der Waals surface area (Å²) in [5.74, 6) is 0.252. The van der Waals surface area contributed by atoms with E-state index in [0.717, 1.165) is 13.1 Å². The molecule has 2 aliphatic rings. The van der Waals surface area contributed by atoms with E-state index < -0.39 is 16.0 Å². The zero-order valence-electron chi connectivity index (χ0n) is 11.8. The van der Waals surface area contributed by atoms with E-state index in [4.69, 9.17) is 0 Å². The van der Waals surface area contributed by atoms with Crippen molar-refractivity contribution in [2.24, 2.45) is 11.8 Å². The highest BCUT2D eigenvalue weighted by molar-refractivity contribution is 7.89. The minimum absolute atomic E-state index is 0.151. The van der Waals surface area contributed by atoms with Gasteiger partial charge in [-0.05, 0) is 43.1 Å². The summed E-state index contributed by atoms with van der Waals surface area (Å²) in [5.41, 5.74) is 0.250. The monoisotopic (exact) mass is 310 g/mol. The second-order valence-corrected chi connectivity index (χ2v) is 7.46. The zero-order valence-corrected chi connectivity index (χ0v) is 12.6. The van der Waals surface area contributed by atoms with Crippen molar-refractivity contribution in [3.05, 3.63) is 29.8 Å². The summed E-state index contributed by atoms with van der Waals surface area (Å²) in [6, 6.07) is 6.02. The fourth-order valence-electron chi connectivity index (χ4n) is 3.06. The minimum atomic E-state index is -3.55. The predicted molar refractivity (Wildman–Crippen MR) is 76.4 cm³/mol. The molecule has 6 nitrogen and oxygen atoms in total. The molecule has 2 aliphatic heterocycles. The lowest BCUT2D eigenvalue weighted by Crippen LogP contribution is -2.32. The molecule has 0 aliphatic carbocycles. The van der Waals surface area contributed by atoms with Gasteiger partial charge in [-0.15, -0.1) is 0 Å². The lowest BCUT2D eigenvalue weighted by molar-refractivity contribution is 0.0600. The van der Waals surface area contributed by atoms with Crippen LogP contribution >= 0.6 is 0 Å². The Morgan fingerprint density at radius 2 is 1.95 bits per heavy atom. The number of fused-ring (bicyclic) bond motifs is 1. The lowest BCUT2D eigenvalue weighted by atomic mass is 10.0. The molecule has 2 atom stereocenters. The van der Waals surface area contributed by atoms with Gasteiger partial charge in [0.05, 0.1) is 17.6 Å². The average Bonchev–Trinajstić information content (AvgIpc) is 3.08. The SMILES string of the molecule is COC(=O)c1cccc(S(=O)(=O)N2C[C@H]3CNC[C@H]3C2)c1. The van der Waals surface area contributed by atoms with Crippen molar-refractivity contribution in [2.45, 2.75) is 4.90 Å². The number of ether oxygens (including phenoxy) is 1. The number of hydrogen-bond donors (Lipinski definition) is 1. The third-order valence-electron chi connectivity index (χ3n) is 4.25. The van der Waals surface area contributed by atoms with Gasteiger partial charge in [0, 0.05) is 13.1 Å². The van der Waals surface area contributed by atoms with Crippen molar-refractivity contribution in [1.82, 2.24) is 9.62 Å². The van der Waals surface area contributed by atoms with Gasteiger partial charge < -0.3 is 10.1 Å². The van der Waals surface area contributed by atoms with E-state index >= 15 is 0 Å². The van der Waals surface area contributed by atoms with Crippen molar-refractivity contribution < 1.29 is 17.9 Å². The predicted octanol–water partition coefficient (Wildman–Crippen LogP) is 0.313. The van der Waals surface area contributed by atoms with E-state index in [9.17, 15) is 13.2 Å². The number of carbonyl (C=O) groups excluding carboxylic acids is 1. The van der Waals surface area contributed by atoms with Crippen molar-refractivity contribution >= 4 is 16.0 Å². The van der Waals surface area contributed by atoms with Crippen LogP contribution in [-0.2, 0) is 14.8 Å². The molecule has 21 heavy (non-hydrogen) atoms. The van der Waals surface area contributed by atoms with Gasteiger partial charge in [-0.2, -0.15) is 4.31 Å². The topological polar surface area (TPSA) is 75.7 Å². The van der Waals surface area contributed by atoms with E-state index in [-0.39, 0.29) is 10.5 Å². The summed E-state index contributed by atoms with van der Waals surface area (Å²) in [6.07, 6.45) is 0. The number of nitrogens with one attached hydrogen (secondary N) is 1. The van der Waals surface area contributed by atoms with Crippen LogP contribution in [0.2, 0.25) is 0 Å². The molecule has 3 rings (SSSR count). The van der Waals surface area contributed by atoms with Crippen LogP contribution in [0.5, 0.6) is 0 Å². The largest absolute Gasteiger partial charge is 0.465 e. The Morgan fingerprint density at radius 3 is 2.57 bits per heavy atom. The molecule has 2 fully saturated rings. The molecule has 114 valence electrons. The number of hydrogen-bond acceptors (Lipinski definition) is 5. The maximum atomic E-state index is 12.7. The van der Waals surface area contributed by atoms with Crippen molar-refractivity contribution in [1.29, 1.82) is 0 Å². The Kier molecular flexibility index (Phi) is 3.73. The average molecular weight is 310 g/mol. The molecule has 1 aromatic rings. The summed E-state index contributed by atoms with van der Waals surface area (Å²) in [7, 11) is -2.27. The van der Waals surface area contributed by atoms with Gasteiger partial charge in [-0.3, -0.25) is 0 Å². The maximum Gasteiger partial charge on any atom is 0.337 e. The number of rotatable bonds is 3. The highest BCUT2D eigenvalue weighted by Crippen LogP contribution is 2.30. The quantitative estimate of drug-likeness (QED) is 0.814. The molecule has 1 N–H and O–H groups in total. The number of nitrogens with zero attached hydrogens (tertiary/aromatic N) is 1. The maximum absolute atomic E-state index is 12.7. The fourth-order valence-corrected chi connectivity index (χ4v) is 4.66. The van der Waals surface area contributed by atoms with Gasteiger partial charge in [-0.25, -0.2) is 13.2 Å². The molecule has 0 bridgehead atoms. The van der Waals surface area contributed by atoms with Gasteiger partial charge in [0.2, 0.25) is 10.0 Å². The molecule has 0 saturated carbocycles. The minimum Gasteiger partial charge on any atom is -0.465 e. The summed E-state index contributed by atoms with van der Waals surface area (Å²) in [6.45, 7) is 2.84. The Balaban J connectivity index is 1.87. The zero-order chi connectivity index (χ0) is 15.0. The number of carbonyl (C=O) groups is 1. The van der Waals surface area contributed by atoms with Gasteiger partial charge in [0.1, 0.15) is 0 Å². The normalized spacial score (nSPS) is 25.8. The first-order valence-electron chi connectivity index (χ1n) is 6.91. The first-order chi connectivity index (χ1) is 10.0. The molecule has 1 aromatic carbocycles. The van der Waals surface area contributed by atoms with E-state index in [0.29, 0.717) is 24.9 Å². The number of benzene rings is 1. The first kappa shape index (κ1) is 14.5. The van der Waals surface area contributed by atoms with E-state index in [1.165, 1.54) is 23.5 Å². The molecule has 7 heteroatoms. The molecule has 0 amide bonds. The molecule has 0 spiro atoms. The Hall–Kier alpha value is -1.44. The van der Waals surface area contributed by atoms with Crippen LogP contribution in [0.3, 0.4) is 0 Å². The van der Waals surface area contributed by atoms with Gasteiger partial charge in [-0.1, -0.05) is 6.07 Å². The van der Waals surface area contributed by atoms with Crippen LogP contribution in [0.1, 0.15) is 10.4 Å². The van der Waals surface area contributed by atoms with Crippen LogP contribution < -0.4 is 5.32 Å². The highest BCUT2D eigenvalue weighted by atomic mass is 32.2. The Morgan fingerprint density at radius 1 is 1.29 bits per heavy atom. The smallest absolute Gasteiger partial charge is 0.337 e. The summed E-state index contributed by atoms with van der Waals surface area (Å²) >= 11 is 0. The standard InChI is InChI=1S/C14H18N2O4S/c1-20-14(17)10-3-2-4-13(5-10)21(18,19)16-8-11-6-15-7-12(11)9-16/h2-5,11-12,15H,6-9H2,1H3/t11-,12+. The van der Waals surface area contributed by atoms with E-state index in [2.05, 4.69) is 10.1 Å². The lowest BCUT2D eigenvalue weighted by Gasteiger charge is -2.17. The van der Waals surface area contributed by atoms with Gasteiger partial charge in [0.15, 0.2) is 0 Å². The van der Waals surface area contributed by atoms with Crippen molar-refractivity contribution in [3.8, 4) is 0 Å². The summed E-state index contributed by atoms with van der Waals surface area (Å²) in [4.78, 5) is 11.7. The number of esters is 1. The fraction of sp³-hybridized carbons (Fsp3) is 0.500. The van der Waals surface area contributed by atoms with E-state index in [1.807, 2.05) is 0 Å².